The van der Waals surface area contributed by atoms with E-state index in [0.29, 0.717) is 57.1 Å². The summed E-state index contributed by atoms with van der Waals surface area (Å²) in [6.45, 7) is 4.83. The second kappa shape index (κ2) is 12.9. The minimum Gasteiger partial charge on any atom is -0.481 e. The maximum Gasteiger partial charge on any atom is 0.308 e. The van der Waals surface area contributed by atoms with Crippen LogP contribution in [-0.2, 0) is 20.9 Å². The topological polar surface area (TPSA) is 126 Å². The Morgan fingerprint density at radius 3 is 2.71 bits per heavy atom. The van der Waals surface area contributed by atoms with E-state index in [2.05, 4.69) is 6.92 Å². The molecule has 0 aliphatic carbocycles. The number of nitrogens with zero attached hydrogens (tertiary/aromatic N) is 3. The van der Waals surface area contributed by atoms with Crippen LogP contribution in [0.25, 0.3) is 0 Å². The number of benzene rings is 2. The van der Waals surface area contributed by atoms with Crippen molar-refractivity contribution in [3.63, 3.8) is 0 Å². The monoisotopic (exact) mass is 564 g/mol. The highest BCUT2D eigenvalue weighted by Crippen LogP contribution is 2.43. The Morgan fingerprint density at radius 1 is 1.15 bits per heavy atom. The van der Waals surface area contributed by atoms with Gasteiger partial charge in [-0.1, -0.05) is 31.5 Å². The van der Waals surface area contributed by atoms with Gasteiger partial charge in [0.05, 0.1) is 12.5 Å². The summed E-state index contributed by atoms with van der Waals surface area (Å²) in [7, 11) is 0. The molecule has 2 saturated heterocycles. The van der Waals surface area contributed by atoms with Gasteiger partial charge >= 0.3 is 5.97 Å². The molecule has 2 amide bonds. The maximum absolute atomic E-state index is 13.9. The Hall–Kier alpha value is -3.63. The fourth-order valence-electron chi connectivity index (χ4n) is 6.39. The van der Waals surface area contributed by atoms with Gasteiger partial charge < -0.3 is 30.1 Å². The molecule has 0 saturated carbocycles. The van der Waals surface area contributed by atoms with Gasteiger partial charge in [-0.15, -0.1) is 0 Å². The van der Waals surface area contributed by atoms with Crippen LogP contribution in [0.5, 0.6) is 11.5 Å². The van der Waals surface area contributed by atoms with Gasteiger partial charge in [-0.2, -0.15) is 0 Å². The molecule has 3 aliphatic heterocycles. The minimum absolute atomic E-state index is 0.0784. The molecule has 220 valence electrons. The van der Waals surface area contributed by atoms with Gasteiger partial charge in [0.15, 0.2) is 11.5 Å². The molecule has 3 atom stereocenters. The quantitative estimate of drug-likeness (QED) is 0.403. The molecular formula is C31H40N4O6. The normalized spacial score (nSPS) is 22.0. The fourth-order valence-corrected chi connectivity index (χ4v) is 6.39. The van der Waals surface area contributed by atoms with Crippen LogP contribution in [0.4, 0.5) is 5.69 Å². The van der Waals surface area contributed by atoms with E-state index in [1.165, 1.54) is 0 Å². The van der Waals surface area contributed by atoms with Crippen LogP contribution in [0, 0.1) is 5.92 Å². The predicted molar refractivity (Wildman–Crippen MR) is 154 cm³/mol. The number of carboxylic acids is 1. The molecular weight excluding hydrogens is 524 g/mol. The molecule has 2 aromatic carbocycles. The fraction of sp³-hybridized carbons (Fsp3) is 0.516. The zero-order valence-corrected chi connectivity index (χ0v) is 23.7. The first-order valence-electron chi connectivity index (χ1n) is 14.6. The zero-order chi connectivity index (χ0) is 28.9. The number of anilines is 1. The number of hydrogen-bond donors (Lipinski definition) is 2. The van der Waals surface area contributed by atoms with E-state index < -0.39 is 17.9 Å². The molecule has 2 aromatic rings. The maximum atomic E-state index is 13.9. The number of aliphatic carboxylic acids is 1. The lowest BCUT2D eigenvalue weighted by atomic mass is 9.84. The lowest BCUT2D eigenvalue weighted by molar-refractivity contribution is -0.143. The number of nitrogens with two attached hydrogens (primary N) is 1. The summed E-state index contributed by atoms with van der Waals surface area (Å²) >= 11 is 0. The number of carbonyl (C=O) groups is 3. The molecule has 41 heavy (non-hydrogen) atoms. The first-order chi connectivity index (χ1) is 19.9. The molecule has 5 rings (SSSR count). The molecule has 3 heterocycles. The van der Waals surface area contributed by atoms with Gasteiger partial charge in [0.1, 0.15) is 0 Å². The number of amides is 2. The highest BCUT2D eigenvalue weighted by Gasteiger charge is 2.47. The molecule has 10 heteroatoms. The number of ether oxygens (including phenoxy) is 2. The summed E-state index contributed by atoms with van der Waals surface area (Å²) in [4.78, 5) is 44.7. The van der Waals surface area contributed by atoms with Crippen LogP contribution in [0.1, 0.15) is 56.1 Å². The lowest BCUT2D eigenvalue weighted by Gasteiger charge is -2.31. The Labute approximate surface area is 241 Å². The van der Waals surface area contributed by atoms with Crippen LogP contribution in [0.2, 0.25) is 0 Å². The molecule has 3 N–H and O–H groups in total. The summed E-state index contributed by atoms with van der Waals surface area (Å²) in [5.74, 6) is -0.726. The van der Waals surface area contributed by atoms with Gasteiger partial charge in [-0.05, 0) is 54.7 Å². The van der Waals surface area contributed by atoms with Crippen molar-refractivity contribution in [3.8, 4) is 11.5 Å². The molecule has 0 spiro atoms. The Bertz CT molecular complexity index is 1270. The summed E-state index contributed by atoms with van der Waals surface area (Å²) < 4.78 is 11.0. The molecule has 0 radical (unpaired) electrons. The third-order valence-electron chi connectivity index (χ3n) is 8.56. The third kappa shape index (κ3) is 6.33. The van der Waals surface area contributed by atoms with Crippen LogP contribution >= 0.6 is 0 Å². The van der Waals surface area contributed by atoms with Crippen LogP contribution in [0.15, 0.2) is 42.5 Å². The Balaban J connectivity index is 1.43. The van der Waals surface area contributed by atoms with E-state index in [0.717, 1.165) is 36.1 Å². The van der Waals surface area contributed by atoms with E-state index in [-0.39, 0.29) is 31.1 Å². The van der Waals surface area contributed by atoms with Gasteiger partial charge in [0.2, 0.25) is 18.6 Å². The average Bonchev–Trinajstić information content (AvgIpc) is 3.70. The number of fused-ring (bicyclic) bond motifs is 1. The minimum atomic E-state index is -0.904. The smallest absolute Gasteiger partial charge is 0.308 e. The van der Waals surface area contributed by atoms with Crippen molar-refractivity contribution in [1.82, 2.24) is 9.80 Å². The van der Waals surface area contributed by atoms with Gasteiger partial charge in [0.25, 0.3) is 0 Å². The van der Waals surface area contributed by atoms with E-state index >= 15 is 0 Å². The third-order valence-corrected chi connectivity index (χ3v) is 8.56. The second-order valence-electron chi connectivity index (χ2n) is 11.1. The first kappa shape index (κ1) is 28.9. The number of hydrogen-bond acceptors (Lipinski definition) is 7. The number of carbonyl (C=O) groups excluding carboxylic acids is 2. The van der Waals surface area contributed by atoms with E-state index in [1.54, 1.807) is 4.90 Å². The SMILES string of the molecule is CCCCN(C(=O)CN1CC(c2ccc3c(c2)OCO3)C(C(=O)O)C1CCN1CCCC1=O)c1cccc(CN)c1. The number of likely N-dealkylation sites (tertiary alicyclic amines) is 2. The van der Waals surface area contributed by atoms with Crippen LogP contribution < -0.4 is 20.1 Å². The van der Waals surface area contributed by atoms with Gasteiger partial charge in [0, 0.05) is 56.8 Å². The summed E-state index contributed by atoms with van der Waals surface area (Å²) in [5.41, 5.74) is 8.46. The zero-order valence-electron chi connectivity index (χ0n) is 23.7. The first-order valence-corrected chi connectivity index (χ1v) is 14.6. The molecule has 3 aliphatic rings. The van der Waals surface area contributed by atoms with E-state index in [4.69, 9.17) is 15.2 Å². The Morgan fingerprint density at radius 2 is 1.98 bits per heavy atom. The molecule has 3 unspecified atom stereocenters. The number of carboxylic acid groups (broad SMARTS) is 1. The molecule has 0 bridgehead atoms. The number of rotatable bonds is 12. The average molecular weight is 565 g/mol. The van der Waals surface area contributed by atoms with Crippen molar-refractivity contribution >= 4 is 23.5 Å². The van der Waals surface area contributed by atoms with Crippen molar-refractivity contribution in [1.29, 1.82) is 0 Å². The summed E-state index contributed by atoms with van der Waals surface area (Å²) in [5, 5.41) is 10.5. The van der Waals surface area contributed by atoms with Crippen molar-refractivity contribution in [3.05, 3.63) is 53.6 Å². The Kier molecular flexibility index (Phi) is 9.09. The summed E-state index contributed by atoms with van der Waals surface area (Å²) in [6, 6.07) is 12.9. The van der Waals surface area contributed by atoms with Crippen LogP contribution in [0.3, 0.4) is 0 Å². The molecule has 0 aromatic heterocycles. The van der Waals surface area contributed by atoms with E-state index in [1.807, 2.05) is 52.3 Å². The van der Waals surface area contributed by atoms with Gasteiger partial charge in [-0.25, -0.2) is 0 Å². The van der Waals surface area contributed by atoms with Crippen molar-refractivity contribution in [2.45, 2.75) is 57.5 Å². The van der Waals surface area contributed by atoms with Crippen molar-refractivity contribution in [2.75, 3.05) is 44.4 Å². The predicted octanol–water partition coefficient (Wildman–Crippen LogP) is 3.19. The van der Waals surface area contributed by atoms with E-state index in [9.17, 15) is 19.5 Å². The number of unbranched alkanes of at least 4 members (excludes halogenated alkanes) is 1. The lowest BCUT2D eigenvalue weighted by Crippen LogP contribution is -2.45. The van der Waals surface area contributed by atoms with Crippen LogP contribution in [-0.4, -0.2) is 78.2 Å². The molecule has 2 fully saturated rings. The second-order valence-corrected chi connectivity index (χ2v) is 11.1. The van der Waals surface area contributed by atoms with Crippen molar-refractivity contribution in [2.24, 2.45) is 11.7 Å². The van der Waals surface area contributed by atoms with Crippen molar-refractivity contribution < 1.29 is 29.0 Å². The van der Waals surface area contributed by atoms with Gasteiger partial charge in [-0.3, -0.25) is 19.3 Å². The largest absolute Gasteiger partial charge is 0.481 e. The highest BCUT2D eigenvalue weighted by atomic mass is 16.7. The summed E-state index contributed by atoms with van der Waals surface area (Å²) in [6.07, 6.45) is 3.61. The molecule has 10 nitrogen and oxygen atoms in total. The standard InChI is InChI=1S/C31H40N4O6/c1-2-3-13-35(23-7-4-6-21(15-23)17-32)29(37)19-34-18-24(22-9-10-26-27(16-22)41-20-40-26)30(31(38)39)25(34)11-14-33-12-5-8-28(33)36/h4,6-7,9-10,15-16,24-25,30H,2-3,5,8,11-14,17-20,32H2,1H3,(H,38,39). The highest BCUT2D eigenvalue weighted by molar-refractivity contribution is 5.95.